The molecule has 0 N–H and O–H groups in total. The van der Waals surface area contributed by atoms with Gasteiger partial charge in [-0.15, -0.1) is 0 Å². The van der Waals surface area contributed by atoms with Gasteiger partial charge in [0.15, 0.2) is 0 Å². The summed E-state index contributed by atoms with van der Waals surface area (Å²) in [5, 5.41) is 0. The summed E-state index contributed by atoms with van der Waals surface area (Å²) >= 11 is 0. The molecule has 0 fully saturated rings. The number of fused-ring (bicyclic) bond motifs is 1. The van der Waals surface area contributed by atoms with E-state index in [1.807, 2.05) is 12.1 Å². The van der Waals surface area contributed by atoms with E-state index in [9.17, 15) is 4.79 Å². The van der Waals surface area contributed by atoms with Crippen LogP contribution in [0.25, 0.3) is 0 Å². The molecular formula is C12H15NO. The Morgan fingerprint density at radius 2 is 2.29 bits per heavy atom. The van der Waals surface area contributed by atoms with Crippen LogP contribution in [-0.2, 0) is 4.79 Å². The quantitative estimate of drug-likeness (QED) is 0.679. The van der Waals surface area contributed by atoms with Crippen LogP contribution in [0.1, 0.15) is 24.8 Å². The summed E-state index contributed by atoms with van der Waals surface area (Å²) in [6.07, 6.45) is 2.19. The highest BCUT2D eigenvalue weighted by Gasteiger charge is 2.26. The summed E-state index contributed by atoms with van der Waals surface area (Å²) in [7, 11) is 0. The lowest BCUT2D eigenvalue weighted by atomic mass is 10.0. The van der Waals surface area contributed by atoms with Crippen molar-refractivity contribution in [2.75, 3.05) is 18.0 Å². The fourth-order valence-electron chi connectivity index (χ4n) is 2.12. The highest BCUT2D eigenvalue weighted by Crippen LogP contribution is 2.34. The van der Waals surface area contributed by atoms with Crippen LogP contribution in [0.4, 0.5) is 5.69 Å². The van der Waals surface area contributed by atoms with Crippen molar-refractivity contribution in [3.05, 3.63) is 29.8 Å². The normalized spacial score (nSPS) is 19.5. The SMILES string of the molecule is CCCN1C[C@@H](C=O)c2ccccc21. The second-order valence-corrected chi connectivity index (χ2v) is 3.75. The van der Waals surface area contributed by atoms with E-state index in [1.54, 1.807) is 0 Å². The summed E-state index contributed by atoms with van der Waals surface area (Å²) < 4.78 is 0. The predicted octanol–water partition coefficient (Wildman–Crippen LogP) is 2.20. The molecule has 1 aliphatic heterocycles. The molecule has 0 saturated carbocycles. The topological polar surface area (TPSA) is 20.3 Å². The van der Waals surface area contributed by atoms with Gasteiger partial charge in [-0.1, -0.05) is 25.1 Å². The summed E-state index contributed by atoms with van der Waals surface area (Å²) in [6.45, 7) is 4.06. The van der Waals surface area contributed by atoms with Crippen molar-refractivity contribution in [3.63, 3.8) is 0 Å². The molecule has 1 atom stereocenters. The van der Waals surface area contributed by atoms with Gasteiger partial charge < -0.3 is 9.69 Å². The standard InChI is InChI=1S/C12H15NO/c1-2-7-13-8-10(9-14)11-5-3-4-6-12(11)13/h3-6,9-10H,2,7-8H2,1H3/t10-/m0/s1. The van der Waals surface area contributed by atoms with Crippen LogP contribution in [0.3, 0.4) is 0 Å². The van der Waals surface area contributed by atoms with Gasteiger partial charge in [0.25, 0.3) is 0 Å². The number of nitrogens with zero attached hydrogens (tertiary/aromatic N) is 1. The lowest BCUT2D eigenvalue weighted by Crippen LogP contribution is -2.22. The molecule has 0 bridgehead atoms. The number of hydrogen-bond acceptors (Lipinski definition) is 2. The van der Waals surface area contributed by atoms with Gasteiger partial charge in [0.1, 0.15) is 6.29 Å². The van der Waals surface area contributed by atoms with Crippen LogP contribution in [0.2, 0.25) is 0 Å². The molecule has 0 aromatic heterocycles. The minimum absolute atomic E-state index is 0.0812. The van der Waals surface area contributed by atoms with Gasteiger partial charge in [-0.05, 0) is 18.1 Å². The second kappa shape index (κ2) is 3.82. The molecule has 2 nitrogen and oxygen atoms in total. The molecule has 0 unspecified atom stereocenters. The molecule has 0 amide bonds. The van der Waals surface area contributed by atoms with Crippen LogP contribution in [0.5, 0.6) is 0 Å². The molecule has 0 spiro atoms. The number of rotatable bonds is 3. The largest absolute Gasteiger partial charge is 0.370 e. The van der Waals surface area contributed by atoms with Gasteiger partial charge in [0.05, 0.1) is 5.92 Å². The zero-order valence-electron chi connectivity index (χ0n) is 8.44. The summed E-state index contributed by atoms with van der Waals surface area (Å²) in [6, 6.07) is 8.21. The molecule has 2 heteroatoms. The third kappa shape index (κ3) is 1.41. The first-order valence-electron chi connectivity index (χ1n) is 5.16. The number of hydrogen-bond donors (Lipinski definition) is 0. The summed E-state index contributed by atoms with van der Waals surface area (Å²) in [5.74, 6) is 0.0812. The molecule has 0 saturated heterocycles. The Kier molecular flexibility index (Phi) is 2.53. The molecule has 74 valence electrons. The van der Waals surface area contributed by atoms with Crippen molar-refractivity contribution in [1.82, 2.24) is 0 Å². The molecule has 0 aliphatic carbocycles. The molecule has 1 aliphatic rings. The van der Waals surface area contributed by atoms with Gasteiger partial charge in [-0.3, -0.25) is 0 Å². The predicted molar refractivity (Wildman–Crippen MR) is 57.8 cm³/mol. The van der Waals surface area contributed by atoms with Crippen molar-refractivity contribution in [2.24, 2.45) is 0 Å². The van der Waals surface area contributed by atoms with Crippen molar-refractivity contribution in [1.29, 1.82) is 0 Å². The number of aldehydes is 1. The Morgan fingerprint density at radius 3 is 3.00 bits per heavy atom. The highest BCUT2D eigenvalue weighted by molar-refractivity contribution is 5.74. The van der Waals surface area contributed by atoms with Gasteiger partial charge in [0, 0.05) is 18.8 Å². The van der Waals surface area contributed by atoms with E-state index in [4.69, 9.17) is 0 Å². The third-order valence-corrected chi connectivity index (χ3v) is 2.75. The second-order valence-electron chi connectivity index (χ2n) is 3.75. The average molecular weight is 189 g/mol. The lowest BCUT2D eigenvalue weighted by Gasteiger charge is -2.17. The third-order valence-electron chi connectivity index (χ3n) is 2.75. The first kappa shape index (κ1) is 9.25. The molecule has 1 aromatic carbocycles. The molecule has 2 rings (SSSR count). The maximum Gasteiger partial charge on any atom is 0.129 e. The molecule has 0 radical (unpaired) electrons. The minimum Gasteiger partial charge on any atom is -0.370 e. The summed E-state index contributed by atoms with van der Waals surface area (Å²) in [5.41, 5.74) is 2.43. The maximum atomic E-state index is 10.9. The molecular weight excluding hydrogens is 174 g/mol. The molecule has 1 heterocycles. The first-order chi connectivity index (χ1) is 6.86. The lowest BCUT2D eigenvalue weighted by molar-refractivity contribution is -0.108. The molecule has 14 heavy (non-hydrogen) atoms. The fraction of sp³-hybridized carbons (Fsp3) is 0.417. The van der Waals surface area contributed by atoms with E-state index in [0.29, 0.717) is 0 Å². The van der Waals surface area contributed by atoms with E-state index in [0.717, 1.165) is 25.8 Å². The Bertz CT molecular complexity index is 335. The van der Waals surface area contributed by atoms with Crippen molar-refractivity contribution in [3.8, 4) is 0 Å². The zero-order valence-corrected chi connectivity index (χ0v) is 8.44. The van der Waals surface area contributed by atoms with Crippen molar-refractivity contribution < 1.29 is 4.79 Å². The Hall–Kier alpha value is -1.31. The van der Waals surface area contributed by atoms with Crippen LogP contribution in [0, 0.1) is 0 Å². The van der Waals surface area contributed by atoms with Crippen LogP contribution in [0.15, 0.2) is 24.3 Å². The highest BCUT2D eigenvalue weighted by atomic mass is 16.1. The number of carbonyl (C=O) groups excluding carboxylic acids is 1. The number of anilines is 1. The number of benzene rings is 1. The minimum atomic E-state index is 0.0812. The van der Waals surface area contributed by atoms with Crippen LogP contribution < -0.4 is 4.90 Å². The fourth-order valence-corrected chi connectivity index (χ4v) is 2.12. The van der Waals surface area contributed by atoms with Gasteiger partial charge in [-0.25, -0.2) is 0 Å². The van der Waals surface area contributed by atoms with Gasteiger partial charge >= 0.3 is 0 Å². The van der Waals surface area contributed by atoms with Crippen LogP contribution in [-0.4, -0.2) is 19.4 Å². The molecule has 1 aromatic rings. The van der Waals surface area contributed by atoms with E-state index in [1.165, 1.54) is 11.3 Å². The van der Waals surface area contributed by atoms with E-state index in [-0.39, 0.29) is 5.92 Å². The summed E-state index contributed by atoms with van der Waals surface area (Å²) in [4.78, 5) is 13.2. The van der Waals surface area contributed by atoms with E-state index in [2.05, 4.69) is 24.0 Å². The van der Waals surface area contributed by atoms with Crippen molar-refractivity contribution >= 4 is 12.0 Å². The Labute approximate surface area is 84.5 Å². The van der Waals surface area contributed by atoms with Gasteiger partial charge in [0.2, 0.25) is 0 Å². The number of para-hydroxylation sites is 1. The van der Waals surface area contributed by atoms with E-state index >= 15 is 0 Å². The van der Waals surface area contributed by atoms with E-state index < -0.39 is 0 Å². The van der Waals surface area contributed by atoms with Crippen molar-refractivity contribution in [2.45, 2.75) is 19.3 Å². The van der Waals surface area contributed by atoms with Crippen LogP contribution >= 0.6 is 0 Å². The Morgan fingerprint density at radius 1 is 1.50 bits per heavy atom. The van der Waals surface area contributed by atoms with Gasteiger partial charge in [-0.2, -0.15) is 0 Å². The monoisotopic (exact) mass is 189 g/mol. The average Bonchev–Trinajstić information content (AvgIpc) is 2.58. The zero-order chi connectivity index (χ0) is 9.97. The number of carbonyl (C=O) groups is 1. The Balaban J connectivity index is 2.33. The maximum absolute atomic E-state index is 10.9. The first-order valence-corrected chi connectivity index (χ1v) is 5.16. The smallest absolute Gasteiger partial charge is 0.129 e.